The molecule has 41 heavy (non-hydrogen) atoms. The van der Waals surface area contributed by atoms with E-state index in [4.69, 9.17) is 23.2 Å². The molecular formula is C29H34Cl2F3N3O4. The van der Waals surface area contributed by atoms with E-state index in [1.54, 1.807) is 19.1 Å². The quantitative estimate of drug-likeness (QED) is 0.323. The van der Waals surface area contributed by atoms with E-state index in [0.717, 1.165) is 29.3 Å². The van der Waals surface area contributed by atoms with Crippen molar-refractivity contribution in [3.05, 3.63) is 50.8 Å². The fraction of sp³-hybridized carbons (Fsp3) is 0.586. The Hall–Kier alpha value is -2.59. The SMILES string of the molecule is Cc1cc(Cl)c(C(=O)CN(C(=O)c2cnn([C@H]3CC[C@H](C(=O)O)CC3)c2C(F)(F)F)C2CCC(C)(C)CC2)c(Cl)c1. The average molecular weight is 617 g/mol. The predicted octanol–water partition coefficient (Wildman–Crippen LogP) is 7.63. The van der Waals surface area contributed by atoms with Gasteiger partial charge in [-0.2, -0.15) is 18.3 Å². The molecular weight excluding hydrogens is 582 g/mol. The number of rotatable bonds is 7. The van der Waals surface area contributed by atoms with Gasteiger partial charge in [-0.25, -0.2) is 0 Å². The van der Waals surface area contributed by atoms with E-state index >= 15 is 0 Å². The molecule has 0 saturated heterocycles. The summed E-state index contributed by atoms with van der Waals surface area (Å²) >= 11 is 12.7. The summed E-state index contributed by atoms with van der Waals surface area (Å²) in [6.07, 6.45) is -0.636. The van der Waals surface area contributed by atoms with E-state index in [1.807, 2.05) is 0 Å². The highest BCUT2D eigenvalue weighted by molar-refractivity contribution is 6.40. The van der Waals surface area contributed by atoms with Crippen LogP contribution in [0.3, 0.4) is 0 Å². The lowest BCUT2D eigenvalue weighted by atomic mass is 9.75. The average Bonchev–Trinajstić information content (AvgIpc) is 3.33. The Morgan fingerprint density at radius 3 is 2.12 bits per heavy atom. The molecule has 1 aromatic carbocycles. The van der Waals surface area contributed by atoms with E-state index < -0.39 is 59.6 Å². The lowest BCUT2D eigenvalue weighted by Gasteiger charge is -2.40. The summed E-state index contributed by atoms with van der Waals surface area (Å²) in [5.41, 5.74) is -1.04. The van der Waals surface area contributed by atoms with Crippen molar-refractivity contribution in [1.82, 2.24) is 14.7 Å². The maximum atomic E-state index is 14.5. The van der Waals surface area contributed by atoms with Crippen molar-refractivity contribution in [3.63, 3.8) is 0 Å². The van der Waals surface area contributed by atoms with Crippen molar-refractivity contribution < 1.29 is 32.7 Å². The van der Waals surface area contributed by atoms with Crippen LogP contribution in [0, 0.1) is 18.3 Å². The Labute approximate surface area is 247 Å². The van der Waals surface area contributed by atoms with Crippen molar-refractivity contribution in [2.24, 2.45) is 11.3 Å². The molecule has 224 valence electrons. The van der Waals surface area contributed by atoms with Crippen LogP contribution in [0.1, 0.15) is 103 Å². The summed E-state index contributed by atoms with van der Waals surface area (Å²) in [6, 6.07) is 1.99. The number of alkyl halides is 3. The van der Waals surface area contributed by atoms with E-state index in [2.05, 4.69) is 18.9 Å². The van der Waals surface area contributed by atoms with Crippen LogP contribution in [-0.4, -0.2) is 50.0 Å². The summed E-state index contributed by atoms with van der Waals surface area (Å²) in [7, 11) is 0. The maximum Gasteiger partial charge on any atom is 0.433 e. The number of carbonyl (C=O) groups excluding carboxylic acids is 2. The van der Waals surface area contributed by atoms with Crippen molar-refractivity contribution in [2.45, 2.75) is 90.4 Å². The Kier molecular flexibility index (Phi) is 9.14. The highest BCUT2D eigenvalue weighted by Crippen LogP contribution is 2.41. The van der Waals surface area contributed by atoms with Crippen LogP contribution in [0.2, 0.25) is 10.0 Å². The van der Waals surface area contributed by atoms with Gasteiger partial charge in [0.25, 0.3) is 5.91 Å². The summed E-state index contributed by atoms with van der Waals surface area (Å²) in [5.74, 6) is -3.08. The monoisotopic (exact) mass is 615 g/mol. The molecule has 0 unspecified atom stereocenters. The largest absolute Gasteiger partial charge is 0.481 e. The molecule has 0 spiro atoms. The molecule has 0 atom stereocenters. The molecule has 2 aliphatic rings. The predicted molar refractivity (Wildman–Crippen MR) is 148 cm³/mol. The van der Waals surface area contributed by atoms with Crippen LogP contribution >= 0.6 is 23.2 Å². The zero-order chi connectivity index (χ0) is 30.3. The zero-order valence-corrected chi connectivity index (χ0v) is 24.7. The van der Waals surface area contributed by atoms with Gasteiger partial charge in [-0.15, -0.1) is 0 Å². The van der Waals surface area contributed by atoms with Crippen LogP contribution in [0.4, 0.5) is 13.2 Å². The van der Waals surface area contributed by atoms with Crippen LogP contribution in [0.25, 0.3) is 0 Å². The van der Waals surface area contributed by atoms with Crippen molar-refractivity contribution in [1.29, 1.82) is 0 Å². The zero-order valence-electron chi connectivity index (χ0n) is 23.2. The number of aromatic nitrogens is 2. The molecule has 1 amide bonds. The summed E-state index contributed by atoms with van der Waals surface area (Å²) in [5, 5.41) is 13.5. The summed E-state index contributed by atoms with van der Waals surface area (Å²) < 4.78 is 44.4. The Bertz CT molecular complexity index is 1300. The highest BCUT2D eigenvalue weighted by atomic mass is 35.5. The first-order valence-electron chi connectivity index (χ1n) is 13.8. The molecule has 7 nitrogen and oxygen atoms in total. The van der Waals surface area contributed by atoms with Gasteiger partial charge in [0.2, 0.25) is 0 Å². The smallest absolute Gasteiger partial charge is 0.433 e. The molecule has 2 aromatic rings. The number of amides is 1. The van der Waals surface area contributed by atoms with Gasteiger partial charge < -0.3 is 10.0 Å². The molecule has 1 aromatic heterocycles. The lowest BCUT2D eigenvalue weighted by molar-refractivity contribution is -0.147. The first-order valence-corrected chi connectivity index (χ1v) is 14.5. The lowest BCUT2D eigenvalue weighted by Crippen LogP contribution is -2.46. The second-order valence-corrected chi connectivity index (χ2v) is 12.9. The molecule has 1 heterocycles. The third-order valence-corrected chi connectivity index (χ3v) is 9.07. The summed E-state index contributed by atoms with van der Waals surface area (Å²) in [6.45, 7) is 5.46. The number of aliphatic carboxylic acids is 1. The van der Waals surface area contributed by atoms with Crippen molar-refractivity contribution in [3.8, 4) is 0 Å². The Morgan fingerprint density at radius 2 is 1.61 bits per heavy atom. The second kappa shape index (κ2) is 12.0. The second-order valence-electron chi connectivity index (χ2n) is 12.0. The molecule has 4 rings (SSSR count). The standard InChI is InChI=1S/C29H34Cl2F3N3O4/c1-16-12-21(30)24(22(31)13-16)23(38)15-36(18-8-10-28(2,3)11-9-18)26(39)20-14-35-37(25(20)29(32,33)34)19-6-4-17(5-7-19)27(40)41/h12-14,17-19H,4-11,15H2,1-3H3,(H,40,41)/t17-,19-. The molecule has 0 radical (unpaired) electrons. The third kappa shape index (κ3) is 6.91. The molecule has 2 fully saturated rings. The van der Waals surface area contributed by atoms with Crippen LogP contribution < -0.4 is 0 Å². The fourth-order valence-electron chi connectivity index (χ4n) is 6.06. The van der Waals surface area contributed by atoms with Crippen LogP contribution in [0.15, 0.2) is 18.3 Å². The van der Waals surface area contributed by atoms with E-state index in [-0.39, 0.29) is 46.7 Å². The number of hydrogen-bond acceptors (Lipinski definition) is 4. The first-order chi connectivity index (χ1) is 19.1. The van der Waals surface area contributed by atoms with Crippen molar-refractivity contribution in [2.75, 3.05) is 6.54 Å². The summed E-state index contributed by atoms with van der Waals surface area (Å²) in [4.78, 5) is 40.0. The minimum absolute atomic E-state index is 0.00953. The number of carbonyl (C=O) groups is 3. The molecule has 0 bridgehead atoms. The normalized spacial score (nSPS) is 21.5. The number of carboxylic acids is 1. The van der Waals surface area contributed by atoms with Crippen LogP contribution in [0.5, 0.6) is 0 Å². The number of Topliss-reactive ketones (excluding diaryl/α,β-unsaturated/α-hetero) is 1. The molecule has 2 aliphatic carbocycles. The van der Waals surface area contributed by atoms with Gasteiger partial charge in [-0.1, -0.05) is 37.0 Å². The van der Waals surface area contributed by atoms with Gasteiger partial charge in [0.15, 0.2) is 11.5 Å². The molecule has 2 saturated carbocycles. The topological polar surface area (TPSA) is 92.5 Å². The Morgan fingerprint density at radius 1 is 1.05 bits per heavy atom. The number of halogens is 5. The van der Waals surface area contributed by atoms with E-state index in [0.29, 0.717) is 12.8 Å². The number of benzene rings is 1. The molecule has 1 N–H and O–H groups in total. The van der Waals surface area contributed by atoms with Gasteiger partial charge in [0, 0.05) is 6.04 Å². The van der Waals surface area contributed by atoms with E-state index in [1.165, 1.54) is 4.90 Å². The van der Waals surface area contributed by atoms with E-state index in [9.17, 15) is 32.7 Å². The van der Waals surface area contributed by atoms with Gasteiger partial charge in [-0.3, -0.25) is 19.1 Å². The first kappa shape index (κ1) is 31.3. The number of ketones is 1. The maximum absolute atomic E-state index is 14.5. The highest BCUT2D eigenvalue weighted by Gasteiger charge is 2.44. The number of aryl methyl sites for hydroxylation is 1. The molecule has 0 aliphatic heterocycles. The van der Waals surface area contributed by atoms with Gasteiger partial charge in [0.05, 0.1) is 45.9 Å². The number of carboxylic acid groups (broad SMARTS) is 1. The number of hydrogen-bond donors (Lipinski definition) is 1. The van der Waals surface area contributed by atoms with Gasteiger partial charge in [0.1, 0.15) is 0 Å². The molecule has 12 heteroatoms. The van der Waals surface area contributed by atoms with Gasteiger partial charge in [-0.05, 0) is 81.4 Å². The van der Waals surface area contributed by atoms with Gasteiger partial charge >= 0.3 is 12.1 Å². The van der Waals surface area contributed by atoms with Crippen LogP contribution in [-0.2, 0) is 11.0 Å². The van der Waals surface area contributed by atoms with Crippen molar-refractivity contribution >= 4 is 40.9 Å². The minimum atomic E-state index is -4.90. The Balaban J connectivity index is 1.70. The fourth-order valence-corrected chi connectivity index (χ4v) is 6.87. The number of nitrogens with zero attached hydrogens (tertiary/aromatic N) is 3. The minimum Gasteiger partial charge on any atom is -0.481 e. The third-order valence-electron chi connectivity index (χ3n) is 8.48.